The molecule has 0 atom stereocenters. The van der Waals surface area contributed by atoms with Crippen LogP contribution < -0.4 is 10.6 Å². The van der Waals surface area contributed by atoms with Gasteiger partial charge in [0.2, 0.25) is 5.91 Å². The highest BCUT2D eigenvalue weighted by atomic mass is 16.2. The van der Waals surface area contributed by atoms with Gasteiger partial charge in [-0.25, -0.2) is 0 Å². The van der Waals surface area contributed by atoms with Crippen LogP contribution in [0, 0.1) is 0 Å². The molecule has 1 aliphatic carbocycles. The van der Waals surface area contributed by atoms with Gasteiger partial charge in [-0.2, -0.15) is 0 Å². The Balaban J connectivity index is 1.89. The molecule has 0 spiro atoms. The summed E-state index contributed by atoms with van der Waals surface area (Å²) >= 11 is 0. The maximum Gasteiger partial charge on any atom is 0.251 e. The lowest BCUT2D eigenvalue weighted by Crippen LogP contribution is -2.39. The van der Waals surface area contributed by atoms with Crippen LogP contribution in [-0.4, -0.2) is 43.4 Å². The second-order valence-electron chi connectivity index (χ2n) is 5.92. The fourth-order valence-electron chi connectivity index (χ4n) is 2.96. The van der Waals surface area contributed by atoms with Gasteiger partial charge in [0.25, 0.3) is 5.91 Å². The van der Waals surface area contributed by atoms with Crippen LogP contribution >= 0.6 is 0 Å². The van der Waals surface area contributed by atoms with Crippen molar-refractivity contribution in [2.24, 2.45) is 0 Å². The first-order valence-electron chi connectivity index (χ1n) is 7.92. The van der Waals surface area contributed by atoms with Crippen molar-refractivity contribution in [3.63, 3.8) is 0 Å². The number of carbonyl (C=O) groups excluding carboxylic acids is 2. The highest BCUT2D eigenvalue weighted by Gasteiger charge is 2.19. The van der Waals surface area contributed by atoms with Crippen molar-refractivity contribution in [1.29, 1.82) is 0 Å². The number of rotatable bonds is 5. The fourth-order valence-corrected chi connectivity index (χ4v) is 2.96. The molecule has 1 saturated carbocycles. The molecule has 120 valence electrons. The Hall–Kier alpha value is -1.88. The fraction of sp³-hybridized carbons (Fsp3) is 0.529. The minimum Gasteiger partial charge on any atom is -0.355 e. The number of nitrogens with zero attached hydrogens (tertiary/aromatic N) is 1. The summed E-state index contributed by atoms with van der Waals surface area (Å²) in [6.07, 6.45) is 6.17. The molecular weight excluding hydrogens is 278 g/mol. The molecule has 2 rings (SSSR count). The third-order valence-electron chi connectivity index (χ3n) is 4.23. The quantitative estimate of drug-likeness (QED) is 0.877. The molecule has 5 heteroatoms. The number of amides is 2. The van der Waals surface area contributed by atoms with E-state index in [1.165, 1.54) is 32.1 Å². The average Bonchev–Trinajstić information content (AvgIpc) is 2.55. The minimum atomic E-state index is -0.157. The summed E-state index contributed by atoms with van der Waals surface area (Å²) in [5, 5.41) is 5.45. The first-order chi connectivity index (χ1) is 10.6. The Morgan fingerprint density at radius 3 is 2.64 bits per heavy atom. The Bertz CT molecular complexity index is 524. The molecule has 1 fully saturated rings. The van der Waals surface area contributed by atoms with Gasteiger partial charge in [-0.15, -0.1) is 0 Å². The number of benzene rings is 1. The molecule has 2 amide bonds. The second kappa shape index (κ2) is 7.94. The SMILES string of the molecule is CNC(=O)c1cccc(NC(=O)CN(C)C2CCCCC2)c1. The van der Waals surface area contributed by atoms with Crippen LogP contribution in [0.3, 0.4) is 0 Å². The van der Waals surface area contributed by atoms with E-state index in [1.54, 1.807) is 31.3 Å². The molecule has 0 aromatic heterocycles. The van der Waals surface area contributed by atoms with E-state index >= 15 is 0 Å². The van der Waals surface area contributed by atoms with Crippen molar-refractivity contribution in [3.8, 4) is 0 Å². The predicted molar refractivity (Wildman–Crippen MR) is 88.0 cm³/mol. The maximum absolute atomic E-state index is 12.2. The molecule has 1 aromatic carbocycles. The first kappa shape index (κ1) is 16.5. The second-order valence-corrected chi connectivity index (χ2v) is 5.92. The standard InChI is InChI=1S/C17H25N3O2/c1-18-17(22)13-7-6-8-14(11-13)19-16(21)12-20(2)15-9-4-3-5-10-15/h6-8,11,15H,3-5,9-10,12H2,1-2H3,(H,18,22)(H,19,21). The van der Waals surface area contributed by atoms with E-state index in [2.05, 4.69) is 15.5 Å². The molecule has 0 aliphatic heterocycles. The van der Waals surface area contributed by atoms with Crippen LogP contribution in [-0.2, 0) is 4.79 Å². The lowest BCUT2D eigenvalue weighted by atomic mass is 9.94. The number of anilines is 1. The summed E-state index contributed by atoms with van der Waals surface area (Å²) in [5.74, 6) is -0.197. The summed E-state index contributed by atoms with van der Waals surface area (Å²) in [7, 11) is 3.60. The Morgan fingerprint density at radius 1 is 1.23 bits per heavy atom. The smallest absolute Gasteiger partial charge is 0.251 e. The van der Waals surface area contributed by atoms with Gasteiger partial charge in [0, 0.05) is 24.3 Å². The molecule has 1 aromatic rings. The number of nitrogens with one attached hydrogen (secondary N) is 2. The molecular formula is C17H25N3O2. The van der Waals surface area contributed by atoms with Crippen LogP contribution in [0.4, 0.5) is 5.69 Å². The predicted octanol–water partition coefficient (Wildman–Crippen LogP) is 2.25. The van der Waals surface area contributed by atoms with Crippen LogP contribution in [0.25, 0.3) is 0 Å². The topological polar surface area (TPSA) is 61.4 Å². The van der Waals surface area contributed by atoms with Crippen LogP contribution in [0.1, 0.15) is 42.5 Å². The zero-order valence-corrected chi connectivity index (χ0v) is 13.4. The summed E-state index contributed by atoms with van der Waals surface area (Å²) in [6.45, 7) is 0.384. The number of hydrogen-bond acceptors (Lipinski definition) is 3. The average molecular weight is 303 g/mol. The van der Waals surface area contributed by atoms with Crippen molar-refractivity contribution < 1.29 is 9.59 Å². The Kier molecular flexibility index (Phi) is 5.95. The minimum absolute atomic E-state index is 0.0397. The van der Waals surface area contributed by atoms with E-state index < -0.39 is 0 Å². The van der Waals surface area contributed by atoms with E-state index in [0.29, 0.717) is 23.8 Å². The highest BCUT2D eigenvalue weighted by molar-refractivity contribution is 5.97. The van der Waals surface area contributed by atoms with E-state index in [0.717, 1.165) is 0 Å². The maximum atomic E-state index is 12.2. The third-order valence-corrected chi connectivity index (χ3v) is 4.23. The molecule has 22 heavy (non-hydrogen) atoms. The molecule has 2 N–H and O–H groups in total. The van der Waals surface area contributed by atoms with E-state index in [-0.39, 0.29) is 11.8 Å². The van der Waals surface area contributed by atoms with Gasteiger partial charge in [0.15, 0.2) is 0 Å². The summed E-state index contributed by atoms with van der Waals surface area (Å²) in [5.41, 5.74) is 1.20. The van der Waals surface area contributed by atoms with Gasteiger partial charge in [0.1, 0.15) is 0 Å². The summed E-state index contributed by atoms with van der Waals surface area (Å²) < 4.78 is 0. The van der Waals surface area contributed by atoms with Crippen molar-refractivity contribution in [2.75, 3.05) is 26.0 Å². The first-order valence-corrected chi connectivity index (χ1v) is 7.92. The van der Waals surface area contributed by atoms with E-state index in [4.69, 9.17) is 0 Å². The number of hydrogen-bond donors (Lipinski definition) is 2. The Morgan fingerprint density at radius 2 is 1.95 bits per heavy atom. The van der Waals surface area contributed by atoms with Crippen LogP contribution in [0.15, 0.2) is 24.3 Å². The van der Waals surface area contributed by atoms with E-state index in [9.17, 15) is 9.59 Å². The molecule has 0 heterocycles. The van der Waals surface area contributed by atoms with Crippen molar-refractivity contribution in [3.05, 3.63) is 29.8 Å². The normalized spacial score (nSPS) is 15.6. The van der Waals surface area contributed by atoms with Crippen molar-refractivity contribution in [1.82, 2.24) is 10.2 Å². The van der Waals surface area contributed by atoms with E-state index in [1.807, 2.05) is 7.05 Å². The summed E-state index contributed by atoms with van der Waals surface area (Å²) in [6, 6.07) is 7.49. The molecule has 1 aliphatic rings. The zero-order valence-electron chi connectivity index (χ0n) is 13.4. The van der Waals surface area contributed by atoms with Gasteiger partial charge in [-0.1, -0.05) is 25.3 Å². The van der Waals surface area contributed by atoms with Gasteiger partial charge in [-0.3, -0.25) is 14.5 Å². The lowest BCUT2D eigenvalue weighted by Gasteiger charge is -2.30. The van der Waals surface area contributed by atoms with Crippen molar-refractivity contribution >= 4 is 17.5 Å². The largest absolute Gasteiger partial charge is 0.355 e. The Labute approximate surface area is 132 Å². The highest BCUT2D eigenvalue weighted by Crippen LogP contribution is 2.21. The number of likely N-dealkylation sites (N-methyl/N-ethyl adjacent to an activating group) is 1. The van der Waals surface area contributed by atoms with Gasteiger partial charge in [-0.05, 0) is 38.1 Å². The zero-order chi connectivity index (χ0) is 15.9. The molecule has 5 nitrogen and oxygen atoms in total. The third kappa shape index (κ3) is 4.56. The molecule has 0 radical (unpaired) electrons. The molecule has 0 unspecified atom stereocenters. The molecule has 0 bridgehead atoms. The van der Waals surface area contributed by atoms with Gasteiger partial charge in [0.05, 0.1) is 6.54 Å². The van der Waals surface area contributed by atoms with Gasteiger partial charge < -0.3 is 10.6 Å². The van der Waals surface area contributed by atoms with Crippen LogP contribution in [0.5, 0.6) is 0 Å². The summed E-state index contributed by atoms with van der Waals surface area (Å²) in [4.78, 5) is 25.9. The number of carbonyl (C=O) groups is 2. The van der Waals surface area contributed by atoms with Crippen LogP contribution in [0.2, 0.25) is 0 Å². The molecule has 0 saturated heterocycles. The lowest BCUT2D eigenvalue weighted by molar-refractivity contribution is -0.117. The monoisotopic (exact) mass is 303 g/mol. The van der Waals surface area contributed by atoms with Gasteiger partial charge >= 0.3 is 0 Å². The van der Waals surface area contributed by atoms with Crippen molar-refractivity contribution in [2.45, 2.75) is 38.1 Å².